The molecule has 2 fully saturated rings. The van der Waals surface area contributed by atoms with Crippen LogP contribution in [0.15, 0.2) is 21.8 Å². The summed E-state index contributed by atoms with van der Waals surface area (Å²) in [4.78, 5) is 15.6. The number of nitrogens with zero attached hydrogens (tertiary/aromatic N) is 6. The van der Waals surface area contributed by atoms with E-state index in [-0.39, 0.29) is 11.9 Å². The fraction of sp³-hybridized carbons (Fsp3) is 0.583. The molecule has 3 aromatic rings. The van der Waals surface area contributed by atoms with Crippen molar-refractivity contribution in [3.8, 4) is 5.82 Å². The highest BCUT2D eigenvalue weighted by atomic mass is 32.2. The van der Waals surface area contributed by atoms with Crippen molar-refractivity contribution in [2.75, 3.05) is 30.3 Å². The number of aromatic nitrogens is 5. The Morgan fingerprint density at radius 1 is 1.12 bits per heavy atom. The van der Waals surface area contributed by atoms with Crippen LogP contribution in [-0.4, -0.2) is 61.8 Å². The molecule has 9 nitrogen and oxygen atoms in total. The quantitative estimate of drug-likeness (QED) is 0.348. The van der Waals surface area contributed by atoms with Gasteiger partial charge in [0.25, 0.3) is 0 Å². The van der Waals surface area contributed by atoms with Gasteiger partial charge in [0, 0.05) is 42.7 Å². The van der Waals surface area contributed by atoms with Crippen molar-refractivity contribution in [1.29, 1.82) is 0 Å². The fourth-order valence-corrected chi connectivity index (χ4v) is 5.76. The van der Waals surface area contributed by atoms with Crippen LogP contribution >= 0.6 is 11.8 Å². The topological polar surface area (TPSA) is 91.2 Å². The van der Waals surface area contributed by atoms with Crippen LogP contribution in [0.4, 0.5) is 5.95 Å². The van der Waals surface area contributed by atoms with Crippen LogP contribution in [0.3, 0.4) is 0 Å². The third-order valence-corrected chi connectivity index (χ3v) is 7.62. The lowest BCUT2D eigenvalue weighted by molar-refractivity contribution is 0.0951. The minimum Gasteiger partial charge on any atom is -0.376 e. The number of hydrogen-bond acceptors (Lipinski definition) is 8. The average Bonchev–Trinajstić information content (AvgIpc) is 3.62. The largest absolute Gasteiger partial charge is 0.376 e. The number of ether oxygens (including phenoxy) is 1. The molecule has 1 atom stereocenters. The van der Waals surface area contributed by atoms with Crippen LogP contribution in [0, 0.1) is 20.8 Å². The van der Waals surface area contributed by atoms with E-state index in [1.807, 2.05) is 37.5 Å². The summed E-state index contributed by atoms with van der Waals surface area (Å²) >= 11 is 1.46. The molecule has 0 N–H and O–H groups in total. The van der Waals surface area contributed by atoms with Crippen LogP contribution < -0.4 is 4.90 Å². The Morgan fingerprint density at radius 3 is 2.65 bits per heavy atom. The molecule has 0 radical (unpaired) electrons. The van der Waals surface area contributed by atoms with Gasteiger partial charge < -0.3 is 14.2 Å². The Morgan fingerprint density at radius 2 is 1.94 bits per heavy atom. The zero-order valence-corrected chi connectivity index (χ0v) is 20.9. The van der Waals surface area contributed by atoms with Gasteiger partial charge in [-0.2, -0.15) is 0 Å². The summed E-state index contributed by atoms with van der Waals surface area (Å²) in [5.74, 6) is 2.70. The third-order valence-electron chi connectivity index (χ3n) is 6.65. The summed E-state index contributed by atoms with van der Waals surface area (Å²) < 4.78 is 15.3. The van der Waals surface area contributed by atoms with Crippen LogP contribution in [0.2, 0.25) is 0 Å². The zero-order valence-electron chi connectivity index (χ0n) is 20.1. The number of anilines is 1. The molecule has 0 aromatic carbocycles. The highest BCUT2D eigenvalue weighted by Gasteiger charge is 2.26. The summed E-state index contributed by atoms with van der Waals surface area (Å²) in [6.45, 7) is 9.33. The molecule has 0 amide bonds. The molecule has 0 saturated carbocycles. The van der Waals surface area contributed by atoms with Gasteiger partial charge >= 0.3 is 0 Å². The second kappa shape index (κ2) is 9.95. The average molecular weight is 485 g/mol. The highest BCUT2D eigenvalue weighted by molar-refractivity contribution is 7.99. The number of carbonyl (C=O) groups excluding carboxylic acids is 1. The van der Waals surface area contributed by atoms with E-state index in [9.17, 15) is 4.79 Å². The van der Waals surface area contributed by atoms with E-state index in [1.165, 1.54) is 31.0 Å². The lowest BCUT2D eigenvalue weighted by Gasteiger charge is -2.28. The number of Topliss-reactive ketones (excluding diaryl/α,β-unsaturated/α-hetero) is 1. The maximum absolute atomic E-state index is 13.2. The Labute approximate surface area is 203 Å². The fourth-order valence-electron chi connectivity index (χ4n) is 4.93. The van der Waals surface area contributed by atoms with Gasteiger partial charge in [0.05, 0.1) is 18.4 Å². The summed E-state index contributed by atoms with van der Waals surface area (Å²) in [7, 11) is 0. The minimum atomic E-state index is 0.0655. The van der Waals surface area contributed by atoms with E-state index in [1.54, 1.807) is 0 Å². The molecule has 182 valence electrons. The number of rotatable bonds is 8. The van der Waals surface area contributed by atoms with Crippen molar-refractivity contribution in [2.24, 2.45) is 0 Å². The van der Waals surface area contributed by atoms with Crippen LogP contribution in [0.1, 0.15) is 59.6 Å². The highest BCUT2D eigenvalue weighted by Crippen LogP contribution is 2.28. The Hall–Kier alpha value is -2.59. The number of carbonyl (C=O) groups is 1. The predicted octanol–water partition coefficient (Wildman–Crippen LogP) is 4.13. The van der Waals surface area contributed by atoms with Crippen molar-refractivity contribution in [2.45, 2.75) is 70.7 Å². The maximum atomic E-state index is 13.2. The normalized spacial score (nSPS) is 18.7. The van der Waals surface area contributed by atoms with Gasteiger partial charge in [0.1, 0.15) is 5.76 Å². The van der Waals surface area contributed by atoms with E-state index in [2.05, 4.69) is 24.8 Å². The molecule has 2 aliphatic heterocycles. The lowest BCUT2D eigenvalue weighted by Crippen LogP contribution is -2.33. The van der Waals surface area contributed by atoms with Gasteiger partial charge in [-0.3, -0.25) is 13.9 Å². The summed E-state index contributed by atoms with van der Waals surface area (Å²) in [6, 6.07) is 3.80. The number of ketones is 1. The Kier molecular flexibility index (Phi) is 6.78. The molecule has 34 heavy (non-hydrogen) atoms. The summed E-state index contributed by atoms with van der Waals surface area (Å²) in [6.07, 6.45) is 5.93. The van der Waals surface area contributed by atoms with Gasteiger partial charge in [0.15, 0.2) is 16.8 Å². The van der Waals surface area contributed by atoms with E-state index >= 15 is 0 Å². The van der Waals surface area contributed by atoms with Crippen molar-refractivity contribution in [3.63, 3.8) is 0 Å². The van der Waals surface area contributed by atoms with Crippen LogP contribution in [-0.2, 0) is 11.3 Å². The lowest BCUT2D eigenvalue weighted by atomic mass is 10.1. The monoisotopic (exact) mass is 484 g/mol. The molecule has 3 aromatic heterocycles. The zero-order chi connectivity index (χ0) is 23.7. The van der Waals surface area contributed by atoms with Crippen LogP contribution in [0.5, 0.6) is 0 Å². The van der Waals surface area contributed by atoms with Crippen LogP contribution in [0.25, 0.3) is 5.82 Å². The Balaban J connectivity index is 1.34. The van der Waals surface area contributed by atoms with E-state index in [0.717, 1.165) is 67.3 Å². The third kappa shape index (κ3) is 4.65. The first-order valence-corrected chi connectivity index (χ1v) is 13.1. The maximum Gasteiger partial charge on any atom is 0.228 e. The molecule has 10 heteroatoms. The molecular weight excluding hydrogens is 452 g/mol. The first-order chi connectivity index (χ1) is 16.5. The molecule has 0 bridgehead atoms. The molecule has 5 rings (SSSR count). The molecule has 0 aliphatic carbocycles. The summed E-state index contributed by atoms with van der Waals surface area (Å²) in [5.41, 5.74) is 2.52. The molecule has 2 aliphatic rings. The van der Waals surface area contributed by atoms with Crippen molar-refractivity contribution < 1.29 is 14.1 Å². The number of thioether (sulfide) groups is 1. The molecule has 2 saturated heterocycles. The smallest absolute Gasteiger partial charge is 0.228 e. The molecule has 0 spiro atoms. The number of hydrogen-bond donors (Lipinski definition) is 0. The Bertz CT molecular complexity index is 1150. The van der Waals surface area contributed by atoms with E-state index < -0.39 is 0 Å². The van der Waals surface area contributed by atoms with E-state index in [4.69, 9.17) is 9.26 Å². The van der Waals surface area contributed by atoms with Crippen molar-refractivity contribution in [3.05, 3.63) is 34.8 Å². The predicted molar refractivity (Wildman–Crippen MR) is 130 cm³/mol. The van der Waals surface area contributed by atoms with Gasteiger partial charge in [-0.05, 0) is 58.9 Å². The van der Waals surface area contributed by atoms with Crippen molar-refractivity contribution in [1.82, 2.24) is 24.5 Å². The SMILES string of the molecule is Cc1cc(-n2c(C)cc(C(=O)CSc3nnc(N4CCCCC4)n3CC3CCCO3)c2C)no1. The van der Waals surface area contributed by atoms with E-state index in [0.29, 0.717) is 17.1 Å². The molecule has 5 heterocycles. The van der Waals surface area contributed by atoms with Gasteiger partial charge in [-0.15, -0.1) is 10.2 Å². The second-order valence-corrected chi connectivity index (χ2v) is 10.1. The molecular formula is C24H32N6O3S. The standard InChI is InChI=1S/C24H32N6O3S/c1-16-12-20(18(3)30(16)22-13-17(2)33-27-22)21(31)15-34-24-26-25-23(28-9-5-4-6-10-28)29(24)14-19-8-7-11-32-19/h12-13,19H,4-11,14-15H2,1-3H3. The van der Waals surface area contributed by atoms with Gasteiger partial charge in [-0.1, -0.05) is 16.9 Å². The van der Waals surface area contributed by atoms with Crippen molar-refractivity contribution >= 4 is 23.5 Å². The first-order valence-electron chi connectivity index (χ1n) is 12.1. The van der Waals surface area contributed by atoms with Gasteiger partial charge in [-0.25, -0.2) is 0 Å². The minimum absolute atomic E-state index is 0.0655. The number of aryl methyl sites for hydroxylation is 2. The molecule has 1 unspecified atom stereocenters. The van der Waals surface area contributed by atoms with Gasteiger partial charge in [0.2, 0.25) is 5.95 Å². The first kappa shape index (κ1) is 23.2. The summed E-state index contributed by atoms with van der Waals surface area (Å²) in [5, 5.41) is 13.9. The second-order valence-electron chi connectivity index (χ2n) is 9.20. The number of piperidine rings is 1.